The Hall–Kier alpha value is -7.55. The van der Waals surface area contributed by atoms with E-state index in [1.165, 1.54) is 14.7 Å². The number of carbonyl (C=O) groups excluding carboxylic acids is 1. The number of aliphatic imine (C=N–C) groups is 1. The van der Waals surface area contributed by atoms with Crippen molar-refractivity contribution >= 4 is 46.9 Å². The maximum atomic E-state index is 15.5. The number of halogens is 1. The monoisotopic (exact) mass is 1090 g/mol. The summed E-state index contributed by atoms with van der Waals surface area (Å²) in [5.74, 6) is -1.04. The van der Waals surface area contributed by atoms with E-state index in [0.717, 1.165) is 29.0 Å². The van der Waals surface area contributed by atoms with E-state index < -0.39 is 36.5 Å². The number of benzene rings is 3. The SMILES string of the molecule is CCP(=O)(CC)c1ccc(-n2ccn(-c3c4c(nn3-c3cc(C)c(F)c(C)c3)CCN(C(=O)c3cc5cc(C6CCOCC6)ccc5n3[C@@]3(c5noc(=O)[nH]5)C[C@@H]3C)[C@H]4C)c2=O)cc1NC.NC(N)=NCCC[C@H](N)C(=O)O. The van der Waals surface area contributed by atoms with Gasteiger partial charge in [0.2, 0.25) is 0 Å². The van der Waals surface area contributed by atoms with Crippen molar-refractivity contribution < 1.29 is 32.9 Å². The van der Waals surface area contributed by atoms with Crippen LogP contribution in [0.25, 0.3) is 28.1 Å². The topological polar surface area (TPSA) is 295 Å². The summed E-state index contributed by atoms with van der Waals surface area (Å²) >= 11 is 0. The molecular formula is C55H69FN13O8P. The molecule has 6 heterocycles. The summed E-state index contributed by atoms with van der Waals surface area (Å²) < 4.78 is 46.5. The first kappa shape index (κ1) is 55.2. The van der Waals surface area contributed by atoms with E-state index in [-0.39, 0.29) is 29.3 Å². The maximum Gasteiger partial charge on any atom is 0.438 e. The molecule has 1 saturated heterocycles. The van der Waals surface area contributed by atoms with Gasteiger partial charge in [-0.25, -0.2) is 18.7 Å². The van der Waals surface area contributed by atoms with E-state index in [0.29, 0.717) is 127 Å². The number of fused-ring (bicyclic) bond motifs is 2. The standard InChI is InChI=1S/C49H55FN9O6P.C6H14N4O2/c1-8-66(63,9-2)41-13-11-35(26-38(41)51-7)56-18-19-57(48(56)62)44-42-31(6)55(17-14-37(42)53-59(44)36-22-28(3)43(50)29(4)23-36)45(60)40-25-34-24-33(32-15-20-64-21-16-32)10-12-39(34)58(40)49(27-30(49)5)46-52-47(61)65-54-46;7-4(5(11)12)2-1-3-10-6(8)9/h10-13,18-19,22-26,30-32,51H,8-9,14-17,20-21,27H2,1-7H3,(H,52,54,61);4H,1-3,7H2,(H,11,12)(H4,8,9,10)/t30-,31-,49-;4-/m00/s1. The third kappa shape index (κ3) is 10.1. The fraction of sp³-hybridized carbons (Fsp3) is 0.436. The van der Waals surface area contributed by atoms with Gasteiger partial charge >= 0.3 is 17.4 Å². The van der Waals surface area contributed by atoms with Gasteiger partial charge in [0, 0.05) is 91.9 Å². The molecule has 414 valence electrons. The van der Waals surface area contributed by atoms with E-state index in [1.54, 1.807) is 50.1 Å². The second kappa shape index (κ2) is 22.1. The number of ether oxygens (including phenoxy) is 1. The highest BCUT2D eigenvalue weighted by atomic mass is 31.2. The molecule has 0 spiro atoms. The lowest BCUT2D eigenvalue weighted by atomic mass is 9.91. The number of aliphatic carboxylic acids is 1. The summed E-state index contributed by atoms with van der Waals surface area (Å²) in [6.45, 7) is 13.4. The van der Waals surface area contributed by atoms with Crippen LogP contribution in [0.15, 0.2) is 86.1 Å². The minimum Gasteiger partial charge on any atom is -0.480 e. The Bertz CT molecular complexity index is 3590. The zero-order chi connectivity index (χ0) is 56.0. The van der Waals surface area contributed by atoms with Crippen LogP contribution in [-0.4, -0.2) is 113 Å². The highest BCUT2D eigenvalue weighted by molar-refractivity contribution is 7.71. The van der Waals surface area contributed by atoms with Gasteiger partial charge in [0.1, 0.15) is 36.1 Å². The van der Waals surface area contributed by atoms with Crippen molar-refractivity contribution in [2.24, 2.45) is 28.1 Å². The molecule has 0 unspecified atom stereocenters. The molecule has 0 radical (unpaired) electrons. The first-order chi connectivity index (χ1) is 37.3. The van der Waals surface area contributed by atoms with Crippen molar-refractivity contribution in [3.05, 3.63) is 133 Å². The highest BCUT2D eigenvalue weighted by Crippen LogP contribution is 2.56. The Balaban J connectivity index is 0.000000552. The van der Waals surface area contributed by atoms with Gasteiger partial charge in [-0.2, -0.15) is 5.10 Å². The number of aromatic nitrogens is 7. The molecule has 2 fully saturated rings. The minimum atomic E-state index is -2.65. The highest BCUT2D eigenvalue weighted by Gasteiger charge is 2.59. The number of guanidine groups is 1. The van der Waals surface area contributed by atoms with Crippen LogP contribution in [-0.2, 0) is 26.1 Å². The van der Waals surface area contributed by atoms with Crippen LogP contribution in [0.1, 0.15) is 116 Å². The summed E-state index contributed by atoms with van der Waals surface area (Å²) in [7, 11) is -0.871. The molecule has 9 N–H and O–H groups in total. The molecule has 3 aliphatic rings. The first-order valence-electron chi connectivity index (χ1n) is 26.5. The second-order valence-electron chi connectivity index (χ2n) is 20.6. The fourth-order valence-corrected chi connectivity index (χ4v) is 13.5. The lowest BCUT2D eigenvalue weighted by Gasteiger charge is -2.34. The number of carbonyl (C=O) groups is 2. The molecule has 2 aliphatic heterocycles. The van der Waals surface area contributed by atoms with Crippen LogP contribution in [0.5, 0.6) is 0 Å². The summed E-state index contributed by atoms with van der Waals surface area (Å²) in [5, 5.41) is 22.5. The molecule has 21 nitrogen and oxygen atoms in total. The van der Waals surface area contributed by atoms with Crippen LogP contribution < -0.4 is 39.3 Å². The molecule has 4 aromatic heterocycles. The molecule has 1 amide bonds. The van der Waals surface area contributed by atoms with Crippen LogP contribution >= 0.6 is 7.14 Å². The van der Waals surface area contributed by atoms with Gasteiger partial charge in [-0.15, -0.1) is 0 Å². The average Bonchev–Trinajstić information content (AvgIpc) is 4.18. The molecular weight excluding hydrogens is 1020 g/mol. The number of hydrogen-bond donors (Lipinski definition) is 6. The van der Waals surface area contributed by atoms with Gasteiger partial charge in [0.25, 0.3) is 5.91 Å². The molecule has 1 aliphatic carbocycles. The third-order valence-corrected chi connectivity index (χ3v) is 19.2. The van der Waals surface area contributed by atoms with Gasteiger partial charge in [-0.1, -0.05) is 32.0 Å². The number of aryl methyl sites for hydroxylation is 2. The molecule has 4 atom stereocenters. The Kier molecular flexibility index (Phi) is 15.6. The Morgan fingerprint density at radius 2 is 1.69 bits per heavy atom. The molecule has 7 aromatic rings. The smallest absolute Gasteiger partial charge is 0.438 e. The van der Waals surface area contributed by atoms with Crippen LogP contribution in [0, 0.1) is 25.6 Å². The molecule has 10 rings (SSSR count). The van der Waals surface area contributed by atoms with Crippen molar-refractivity contribution in [3.8, 4) is 17.2 Å². The summed E-state index contributed by atoms with van der Waals surface area (Å²) in [6.07, 6.45) is 8.21. The number of nitrogens with two attached hydrogens (primary N) is 3. The number of anilines is 1. The van der Waals surface area contributed by atoms with Crippen molar-refractivity contribution in [1.29, 1.82) is 0 Å². The van der Waals surface area contributed by atoms with Gasteiger partial charge in [-0.3, -0.25) is 33.2 Å². The first-order valence-corrected chi connectivity index (χ1v) is 28.6. The van der Waals surface area contributed by atoms with Crippen molar-refractivity contribution in [2.75, 3.05) is 51.0 Å². The lowest BCUT2D eigenvalue weighted by molar-refractivity contribution is -0.138. The number of carboxylic acids is 1. The summed E-state index contributed by atoms with van der Waals surface area (Å²) in [4.78, 5) is 61.3. The molecule has 0 bridgehead atoms. The maximum absolute atomic E-state index is 15.5. The zero-order valence-corrected chi connectivity index (χ0v) is 46.0. The predicted molar refractivity (Wildman–Crippen MR) is 297 cm³/mol. The zero-order valence-electron chi connectivity index (χ0n) is 45.1. The number of hydrogen-bond acceptors (Lipinski definition) is 12. The Labute approximate surface area is 450 Å². The lowest BCUT2D eigenvalue weighted by Crippen LogP contribution is -2.41. The van der Waals surface area contributed by atoms with Crippen LogP contribution in [0.4, 0.5) is 10.1 Å². The molecule has 23 heteroatoms. The second-order valence-corrected chi connectivity index (χ2v) is 24.2. The van der Waals surface area contributed by atoms with Gasteiger partial charge in [-0.05, 0) is 130 Å². The number of nitrogens with one attached hydrogen (secondary N) is 2. The molecule has 3 aromatic carbocycles. The average molecular weight is 1090 g/mol. The minimum absolute atomic E-state index is 0.0129. The van der Waals surface area contributed by atoms with E-state index in [4.69, 9.17) is 36.7 Å². The summed E-state index contributed by atoms with van der Waals surface area (Å²) in [6, 6.07) is 15.9. The van der Waals surface area contributed by atoms with Gasteiger partial charge in [0.15, 0.2) is 11.8 Å². The molecule has 78 heavy (non-hydrogen) atoms. The predicted octanol–water partition coefficient (Wildman–Crippen LogP) is 6.16. The quantitative estimate of drug-likeness (QED) is 0.0274. The van der Waals surface area contributed by atoms with Crippen molar-refractivity contribution in [2.45, 2.75) is 104 Å². The van der Waals surface area contributed by atoms with Crippen molar-refractivity contribution in [3.63, 3.8) is 0 Å². The Morgan fingerprint density at radius 1 is 1.00 bits per heavy atom. The summed E-state index contributed by atoms with van der Waals surface area (Å²) in [5.41, 5.74) is 20.7. The van der Waals surface area contributed by atoms with Gasteiger partial charge < -0.3 is 46.4 Å². The van der Waals surface area contributed by atoms with E-state index in [1.807, 2.05) is 54.5 Å². The number of nitrogens with zero attached hydrogens (tertiary/aromatic N) is 8. The van der Waals surface area contributed by atoms with E-state index >= 15 is 9.18 Å². The largest absolute Gasteiger partial charge is 0.480 e. The van der Waals surface area contributed by atoms with Crippen LogP contribution in [0.2, 0.25) is 0 Å². The van der Waals surface area contributed by atoms with Crippen LogP contribution in [0.3, 0.4) is 0 Å². The normalized spacial score (nSPS) is 18.8. The number of imidazole rings is 1. The van der Waals surface area contributed by atoms with Gasteiger partial charge in [0.05, 0.1) is 23.1 Å². The van der Waals surface area contributed by atoms with E-state index in [9.17, 15) is 18.9 Å². The number of amides is 1. The van der Waals surface area contributed by atoms with Crippen molar-refractivity contribution in [1.82, 2.24) is 38.5 Å². The molecule has 1 saturated carbocycles. The Morgan fingerprint density at radius 3 is 2.31 bits per heavy atom. The number of rotatable bonds is 16. The number of aromatic amines is 1. The number of H-pyrrole nitrogens is 1. The fourth-order valence-electron chi connectivity index (χ4n) is 11.4. The van der Waals surface area contributed by atoms with E-state index in [2.05, 4.69) is 45.6 Å². The number of carboxylic acid groups (broad SMARTS) is 1. The third-order valence-electron chi connectivity index (χ3n) is 15.9.